The molecule has 0 radical (unpaired) electrons. The van der Waals surface area contributed by atoms with Crippen molar-refractivity contribution >= 4 is 34.8 Å². The summed E-state index contributed by atoms with van der Waals surface area (Å²) in [4.78, 5) is 37.3. The van der Waals surface area contributed by atoms with E-state index in [0.717, 1.165) is 29.5 Å². The minimum absolute atomic E-state index is 0.0313. The zero-order valence-electron chi connectivity index (χ0n) is 16.9. The molecule has 1 aromatic heterocycles. The van der Waals surface area contributed by atoms with Crippen LogP contribution >= 0.6 is 11.3 Å². The van der Waals surface area contributed by atoms with Crippen molar-refractivity contribution in [2.45, 2.75) is 13.0 Å². The van der Waals surface area contributed by atoms with Gasteiger partial charge in [-0.1, -0.05) is 0 Å². The number of imide groups is 1. The van der Waals surface area contributed by atoms with Gasteiger partial charge in [-0.15, -0.1) is 11.3 Å². The number of amides is 2. The number of halogens is 3. The highest BCUT2D eigenvalue weighted by Crippen LogP contribution is 2.35. The average molecular weight is 477 g/mol. The molecule has 170 valence electrons. The maximum atomic E-state index is 14.6. The largest absolute Gasteiger partial charge is 0.496 e. The van der Waals surface area contributed by atoms with Gasteiger partial charge in [0, 0.05) is 6.07 Å². The highest BCUT2D eigenvalue weighted by Gasteiger charge is 2.38. The van der Waals surface area contributed by atoms with Crippen molar-refractivity contribution in [1.82, 2.24) is 0 Å². The lowest BCUT2D eigenvalue weighted by Crippen LogP contribution is -2.43. The second-order valence-corrected chi connectivity index (χ2v) is 7.81. The highest BCUT2D eigenvalue weighted by atomic mass is 32.1. The number of carbonyl (C=O) groups excluding carboxylic acids is 2. The van der Waals surface area contributed by atoms with Crippen LogP contribution in [0.1, 0.15) is 31.2 Å². The molecule has 2 aromatic carbocycles. The molecule has 0 saturated heterocycles. The van der Waals surface area contributed by atoms with Gasteiger partial charge in [-0.3, -0.25) is 9.59 Å². The van der Waals surface area contributed by atoms with Crippen molar-refractivity contribution in [2.24, 2.45) is 0 Å². The maximum Gasteiger partial charge on any atom is 0.346 e. The minimum atomic E-state index is -1.34. The number of thiophene rings is 1. The van der Waals surface area contributed by atoms with E-state index in [2.05, 4.69) is 0 Å². The van der Waals surface area contributed by atoms with E-state index in [9.17, 15) is 32.7 Å². The van der Waals surface area contributed by atoms with Crippen LogP contribution in [0, 0.1) is 17.5 Å². The zero-order valence-corrected chi connectivity index (χ0v) is 17.7. The normalized spacial score (nSPS) is 13.2. The third-order valence-corrected chi connectivity index (χ3v) is 6.00. The third kappa shape index (κ3) is 3.91. The Labute approximate surface area is 188 Å². The fraction of sp³-hybridized carbons (Fsp3) is 0.136. The summed E-state index contributed by atoms with van der Waals surface area (Å²) in [7, 11) is 1.27. The number of anilines is 1. The van der Waals surface area contributed by atoms with Gasteiger partial charge in [0.1, 0.15) is 28.8 Å². The number of hydrogen-bond acceptors (Lipinski definition) is 6. The average Bonchev–Trinajstić information content (AvgIpc) is 3.21. The Morgan fingerprint density at radius 3 is 2.58 bits per heavy atom. The first-order valence-electron chi connectivity index (χ1n) is 9.37. The molecule has 11 heteroatoms. The second kappa shape index (κ2) is 8.58. The molecule has 0 spiro atoms. The molecule has 0 fully saturated rings. The molecule has 3 aromatic rings. The van der Waals surface area contributed by atoms with Crippen LogP contribution in [0.15, 0.2) is 35.7 Å². The fourth-order valence-corrected chi connectivity index (χ4v) is 4.33. The minimum Gasteiger partial charge on any atom is -0.496 e. The van der Waals surface area contributed by atoms with Crippen LogP contribution in [-0.2, 0) is 17.8 Å². The van der Waals surface area contributed by atoms with Crippen molar-refractivity contribution in [3.8, 4) is 11.5 Å². The standard InChI is InChI=1S/C22H14F3NO6S/c1-31-16-5-4-14(24)19(25)12(16)8-32-11-2-3-13(23)15(7-11)26-17(27)6-10-9-33-20(22(29)30)18(10)21(26)28/h2-5,7,9H,6,8H2,1H3,(H,29,30). The lowest BCUT2D eigenvalue weighted by atomic mass is 10.0. The Morgan fingerprint density at radius 1 is 1.15 bits per heavy atom. The van der Waals surface area contributed by atoms with Crippen LogP contribution in [0.25, 0.3) is 0 Å². The van der Waals surface area contributed by atoms with Crippen LogP contribution in [0.4, 0.5) is 18.9 Å². The SMILES string of the molecule is COc1ccc(F)c(F)c1COc1ccc(F)c(N2C(=O)Cc3csc(C(=O)O)c3C2=O)c1. The molecule has 0 unspecified atom stereocenters. The van der Waals surface area contributed by atoms with Crippen molar-refractivity contribution in [3.05, 3.63) is 74.7 Å². The van der Waals surface area contributed by atoms with Gasteiger partial charge in [0.05, 0.1) is 30.3 Å². The van der Waals surface area contributed by atoms with E-state index < -0.39 is 47.5 Å². The number of rotatable bonds is 6. The molecule has 2 heterocycles. The molecular formula is C22H14F3NO6S. The van der Waals surface area contributed by atoms with E-state index >= 15 is 0 Å². The van der Waals surface area contributed by atoms with E-state index in [1.807, 2.05) is 0 Å². The monoisotopic (exact) mass is 477 g/mol. The lowest BCUT2D eigenvalue weighted by Gasteiger charge is -2.26. The molecule has 2 amide bonds. The van der Waals surface area contributed by atoms with Crippen LogP contribution in [0.3, 0.4) is 0 Å². The number of nitrogens with zero attached hydrogens (tertiary/aromatic N) is 1. The van der Waals surface area contributed by atoms with Crippen LogP contribution < -0.4 is 14.4 Å². The van der Waals surface area contributed by atoms with Crippen molar-refractivity contribution < 1.29 is 42.1 Å². The maximum absolute atomic E-state index is 14.6. The number of aromatic carboxylic acids is 1. The zero-order chi connectivity index (χ0) is 23.9. The molecule has 1 aliphatic rings. The molecular weight excluding hydrogens is 463 g/mol. The molecule has 0 bridgehead atoms. The van der Waals surface area contributed by atoms with Crippen LogP contribution in [-0.4, -0.2) is 30.0 Å². The van der Waals surface area contributed by atoms with Gasteiger partial charge in [0.15, 0.2) is 11.6 Å². The predicted molar refractivity (Wildman–Crippen MR) is 110 cm³/mol. The number of carboxylic acids is 1. The second-order valence-electron chi connectivity index (χ2n) is 6.93. The Balaban J connectivity index is 1.67. The van der Waals surface area contributed by atoms with E-state index in [-0.39, 0.29) is 39.5 Å². The molecule has 4 rings (SSSR count). The topological polar surface area (TPSA) is 93.1 Å². The van der Waals surface area contributed by atoms with Gasteiger partial charge in [-0.25, -0.2) is 22.9 Å². The van der Waals surface area contributed by atoms with E-state index in [0.29, 0.717) is 4.90 Å². The van der Waals surface area contributed by atoms with E-state index in [1.54, 1.807) is 0 Å². The van der Waals surface area contributed by atoms with E-state index in [4.69, 9.17) is 9.47 Å². The summed E-state index contributed by atoms with van der Waals surface area (Å²) in [6.45, 7) is -0.489. The quantitative estimate of drug-likeness (QED) is 0.536. The first kappa shape index (κ1) is 22.3. The van der Waals surface area contributed by atoms with Crippen molar-refractivity contribution in [3.63, 3.8) is 0 Å². The van der Waals surface area contributed by atoms with E-state index in [1.165, 1.54) is 24.6 Å². The number of benzene rings is 2. The Morgan fingerprint density at radius 2 is 1.88 bits per heavy atom. The Bertz CT molecular complexity index is 1310. The molecule has 0 atom stereocenters. The predicted octanol–water partition coefficient (Wildman–Crippen LogP) is 4.18. The molecule has 0 aliphatic carbocycles. The number of carboxylic acid groups (broad SMARTS) is 1. The molecule has 33 heavy (non-hydrogen) atoms. The van der Waals surface area contributed by atoms with Crippen LogP contribution in [0.5, 0.6) is 11.5 Å². The first-order valence-corrected chi connectivity index (χ1v) is 10.2. The van der Waals surface area contributed by atoms with Gasteiger partial charge in [0.2, 0.25) is 5.91 Å². The molecule has 7 nitrogen and oxygen atoms in total. The smallest absolute Gasteiger partial charge is 0.346 e. The van der Waals surface area contributed by atoms with Crippen molar-refractivity contribution in [2.75, 3.05) is 12.0 Å². The molecule has 1 N–H and O–H groups in total. The number of carbonyl (C=O) groups is 3. The fourth-order valence-electron chi connectivity index (χ4n) is 3.44. The summed E-state index contributed by atoms with van der Waals surface area (Å²) >= 11 is 0.800. The number of hydrogen-bond donors (Lipinski definition) is 1. The van der Waals surface area contributed by atoms with Crippen molar-refractivity contribution in [1.29, 1.82) is 0 Å². The lowest BCUT2D eigenvalue weighted by molar-refractivity contribution is -0.117. The summed E-state index contributed by atoms with van der Waals surface area (Å²) in [5.74, 6) is -6.31. The van der Waals surface area contributed by atoms with Gasteiger partial charge < -0.3 is 14.6 Å². The summed E-state index contributed by atoms with van der Waals surface area (Å²) in [6.07, 6.45) is -0.291. The summed E-state index contributed by atoms with van der Waals surface area (Å²) in [5.41, 5.74) is -0.598. The highest BCUT2D eigenvalue weighted by molar-refractivity contribution is 7.12. The molecule has 1 aliphatic heterocycles. The van der Waals surface area contributed by atoms with Gasteiger partial charge in [-0.05, 0) is 35.2 Å². The van der Waals surface area contributed by atoms with Gasteiger partial charge in [-0.2, -0.15) is 0 Å². The number of fused-ring (bicyclic) bond motifs is 1. The number of methoxy groups -OCH3 is 1. The summed E-state index contributed by atoms with van der Waals surface area (Å²) < 4.78 is 52.8. The Kier molecular flexibility index (Phi) is 5.81. The van der Waals surface area contributed by atoms with Crippen LogP contribution in [0.2, 0.25) is 0 Å². The summed E-state index contributed by atoms with van der Waals surface area (Å²) in [5, 5.41) is 10.7. The number of ether oxygens (including phenoxy) is 2. The van der Waals surface area contributed by atoms with Gasteiger partial charge in [0.25, 0.3) is 5.91 Å². The van der Waals surface area contributed by atoms with Gasteiger partial charge >= 0.3 is 5.97 Å². The first-order chi connectivity index (χ1) is 15.7. The Hall–Kier alpha value is -3.86. The summed E-state index contributed by atoms with van der Waals surface area (Å²) in [6, 6.07) is 5.28. The molecule has 0 saturated carbocycles. The third-order valence-electron chi connectivity index (χ3n) is 4.98.